The zero-order chi connectivity index (χ0) is 22.2. The van der Waals surface area contributed by atoms with E-state index in [1.54, 1.807) is 33.3 Å². The second-order valence-electron chi connectivity index (χ2n) is 8.52. The van der Waals surface area contributed by atoms with E-state index in [2.05, 4.69) is 17.1 Å². The highest BCUT2D eigenvalue weighted by atomic mass is 16.5. The summed E-state index contributed by atoms with van der Waals surface area (Å²) in [6.07, 6.45) is 3.59. The number of methoxy groups -OCH3 is 2. The van der Waals surface area contributed by atoms with Crippen molar-refractivity contribution in [2.45, 2.75) is 51.1 Å². The molecule has 8 heteroatoms. The summed E-state index contributed by atoms with van der Waals surface area (Å²) >= 11 is 0. The molecule has 2 aliphatic rings. The molecule has 3 heterocycles. The van der Waals surface area contributed by atoms with Gasteiger partial charge >= 0.3 is 0 Å². The lowest BCUT2D eigenvalue weighted by atomic mass is 9.76. The van der Waals surface area contributed by atoms with Crippen molar-refractivity contribution >= 4 is 11.8 Å². The van der Waals surface area contributed by atoms with Gasteiger partial charge in [0.05, 0.1) is 31.5 Å². The fourth-order valence-electron chi connectivity index (χ4n) is 5.24. The van der Waals surface area contributed by atoms with Crippen LogP contribution in [0.4, 0.5) is 0 Å². The van der Waals surface area contributed by atoms with E-state index >= 15 is 0 Å². The average molecular weight is 427 g/mol. The molecule has 2 amide bonds. The van der Waals surface area contributed by atoms with E-state index in [1.807, 2.05) is 21.9 Å². The van der Waals surface area contributed by atoms with Crippen LogP contribution in [0.15, 0.2) is 24.3 Å². The first-order chi connectivity index (χ1) is 14.9. The summed E-state index contributed by atoms with van der Waals surface area (Å²) in [7, 11) is 3.19. The Bertz CT molecular complexity index is 988. The van der Waals surface area contributed by atoms with Crippen molar-refractivity contribution in [1.29, 1.82) is 0 Å². The summed E-state index contributed by atoms with van der Waals surface area (Å²) in [5.74, 6) is 1.32. The number of aromatic nitrogens is 2. The summed E-state index contributed by atoms with van der Waals surface area (Å²) in [6.45, 7) is 5.19. The van der Waals surface area contributed by atoms with Crippen molar-refractivity contribution in [3.05, 3.63) is 30.0 Å². The van der Waals surface area contributed by atoms with Crippen LogP contribution < -0.4 is 9.47 Å². The van der Waals surface area contributed by atoms with Crippen LogP contribution in [0, 0.1) is 0 Å². The number of benzene rings is 1. The molecule has 0 radical (unpaired) electrons. The highest BCUT2D eigenvalue weighted by Crippen LogP contribution is 2.40. The first-order valence-corrected chi connectivity index (χ1v) is 10.8. The number of piperidine rings is 2. The minimum absolute atomic E-state index is 0.00803. The predicted octanol–water partition coefficient (Wildman–Crippen LogP) is 3.10. The summed E-state index contributed by atoms with van der Waals surface area (Å²) in [5, 5.41) is 7.29. The largest absolute Gasteiger partial charge is 0.497 e. The van der Waals surface area contributed by atoms with Gasteiger partial charge in [0.2, 0.25) is 5.91 Å². The summed E-state index contributed by atoms with van der Waals surface area (Å²) in [5.41, 5.74) is 1.54. The van der Waals surface area contributed by atoms with Gasteiger partial charge in [-0.25, -0.2) is 0 Å². The van der Waals surface area contributed by atoms with Crippen LogP contribution >= 0.6 is 0 Å². The Labute approximate surface area is 182 Å². The van der Waals surface area contributed by atoms with E-state index in [0.29, 0.717) is 29.4 Å². The van der Waals surface area contributed by atoms with Crippen molar-refractivity contribution in [3.63, 3.8) is 0 Å². The minimum atomic E-state index is -0.319. The van der Waals surface area contributed by atoms with E-state index in [-0.39, 0.29) is 23.4 Å². The third-order valence-electron chi connectivity index (χ3n) is 6.79. The molecule has 0 unspecified atom stereocenters. The first kappa shape index (κ1) is 21.2. The van der Waals surface area contributed by atoms with Gasteiger partial charge < -0.3 is 19.3 Å². The maximum Gasteiger partial charge on any atom is 0.272 e. The van der Waals surface area contributed by atoms with Gasteiger partial charge in [0.25, 0.3) is 5.91 Å². The third kappa shape index (κ3) is 3.64. The number of carbonyl (C=O) groups is 2. The molecule has 4 rings (SSSR count). The lowest BCUT2D eigenvalue weighted by molar-refractivity contribution is -0.143. The molecule has 2 aliphatic heterocycles. The molecule has 2 aromatic rings. The van der Waals surface area contributed by atoms with Gasteiger partial charge in [-0.2, -0.15) is 5.10 Å². The number of hydrogen-bond acceptors (Lipinski definition) is 5. The third-order valence-corrected chi connectivity index (χ3v) is 6.79. The van der Waals surface area contributed by atoms with Crippen LogP contribution in [-0.2, 0) is 4.79 Å². The number of nitrogens with zero attached hydrogens (tertiary/aromatic N) is 3. The van der Waals surface area contributed by atoms with Crippen LogP contribution in [0.3, 0.4) is 0 Å². The molecule has 31 heavy (non-hydrogen) atoms. The maximum absolute atomic E-state index is 13.5. The predicted molar refractivity (Wildman–Crippen MR) is 116 cm³/mol. The van der Waals surface area contributed by atoms with E-state index in [4.69, 9.17) is 9.47 Å². The molecule has 1 aromatic heterocycles. The molecular weight excluding hydrogens is 396 g/mol. The van der Waals surface area contributed by atoms with Crippen molar-refractivity contribution in [2.75, 3.05) is 27.3 Å². The SMILES string of the molecule is COc1ccc(-c2cc(C(=O)N3CCC[C@@]4(C)[C@@H]3CCCN4C(C)=O)[nH]n2)c(OC)c1. The second-order valence-corrected chi connectivity index (χ2v) is 8.52. The van der Waals surface area contributed by atoms with Gasteiger partial charge in [-0.1, -0.05) is 0 Å². The summed E-state index contributed by atoms with van der Waals surface area (Å²) in [6, 6.07) is 7.27. The van der Waals surface area contributed by atoms with Crippen LogP contribution in [0.25, 0.3) is 11.3 Å². The molecule has 2 saturated heterocycles. The molecule has 166 valence electrons. The summed E-state index contributed by atoms with van der Waals surface area (Å²) < 4.78 is 10.7. The van der Waals surface area contributed by atoms with Crippen LogP contribution in [0.5, 0.6) is 11.5 Å². The molecule has 0 saturated carbocycles. The Morgan fingerprint density at radius 2 is 1.97 bits per heavy atom. The van der Waals surface area contributed by atoms with Gasteiger partial charge in [-0.15, -0.1) is 0 Å². The number of ether oxygens (including phenoxy) is 2. The van der Waals surface area contributed by atoms with Gasteiger partial charge in [-0.3, -0.25) is 14.7 Å². The molecule has 0 spiro atoms. The molecular formula is C23H30N4O4. The highest BCUT2D eigenvalue weighted by Gasteiger charge is 2.49. The molecule has 2 fully saturated rings. The zero-order valence-electron chi connectivity index (χ0n) is 18.6. The van der Waals surface area contributed by atoms with E-state index in [0.717, 1.165) is 37.8 Å². The van der Waals surface area contributed by atoms with Gasteiger partial charge in [0.1, 0.15) is 17.2 Å². The smallest absolute Gasteiger partial charge is 0.272 e. The number of H-pyrrole nitrogens is 1. The monoisotopic (exact) mass is 426 g/mol. The van der Waals surface area contributed by atoms with Crippen LogP contribution in [-0.4, -0.2) is 70.7 Å². The Morgan fingerprint density at radius 3 is 2.68 bits per heavy atom. The van der Waals surface area contributed by atoms with Gasteiger partial charge in [0.15, 0.2) is 0 Å². The lowest BCUT2D eigenvalue weighted by Crippen LogP contribution is -2.68. The number of fused-ring (bicyclic) bond motifs is 1. The lowest BCUT2D eigenvalue weighted by Gasteiger charge is -2.56. The van der Waals surface area contributed by atoms with Gasteiger partial charge in [0, 0.05) is 31.6 Å². The Balaban J connectivity index is 1.61. The number of amides is 2. The van der Waals surface area contributed by atoms with Crippen LogP contribution in [0.2, 0.25) is 0 Å². The first-order valence-electron chi connectivity index (χ1n) is 10.8. The Morgan fingerprint density at radius 1 is 1.16 bits per heavy atom. The normalized spacial score (nSPS) is 23.3. The highest BCUT2D eigenvalue weighted by molar-refractivity contribution is 5.94. The van der Waals surface area contributed by atoms with Crippen molar-refractivity contribution < 1.29 is 19.1 Å². The maximum atomic E-state index is 13.5. The van der Waals surface area contributed by atoms with E-state index in [9.17, 15) is 9.59 Å². The number of likely N-dealkylation sites (tertiary alicyclic amines) is 2. The molecule has 1 N–H and O–H groups in total. The Hall–Kier alpha value is -3.03. The zero-order valence-corrected chi connectivity index (χ0v) is 18.6. The van der Waals surface area contributed by atoms with E-state index in [1.165, 1.54) is 0 Å². The van der Waals surface area contributed by atoms with Crippen LogP contribution in [0.1, 0.15) is 50.0 Å². The fraction of sp³-hybridized carbons (Fsp3) is 0.522. The molecule has 2 atom stereocenters. The number of aromatic amines is 1. The van der Waals surface area contributed by atoms with Crippen molar-refractivity contribution in [1.82, 2.24) is 20.0 Å². The molecule has 0 bridgehead atoms. The molecule has 0 aliphatic carbocycles. The molecule has 8 nitrogen and oxygen atoms in total. The number of hydrogen-bond donors (Lipinski definition) is 1. The number of nitrogens with one attached hydrogen (secondary N) is 1. The Kier molecular flexibility index (Phi) is 5.64. The second kappa shape index (κ2) is 8.24. The van der Waals surface area contributed by atoms with Crippen molar-refractivity contribution in [3.8, 4) is 22.8 Å². The minimum Gasteiger partial charge on any atom is -0.497 e. The topological polar surface area (TPSA) is 87.8 Å². The van der Waals surface area contributed by atoms with E-state index < -0.39 is 0 Å². The quantitative estimate of drug-likeness (QED) is 0.812. The standard InChI is InChI=1S/C23H30N4O4/c1-15(28)27-12-5-7-21-23(27,2)10-6-11-26(21)22(29)19-14-18(24-25-19)17-9-8-16(30-3)13-20(17)31-4/h8-9,13-14,21H,5-7,10-12H2,1-4H3,(H,24,25)/t21-,23-/m0/s1. The fourth-order valence-corrected chi connectivity index (χ4v) is 5.24. The average Bonchev–Trinajstić information content (AvgIpc) is 3.26. The summed E-state index contributed by atoms with van der Waals surface area (Å²) in [4.78, 5) is 29.6. The number of rotatable bonds is 4. The van der Waals surface area contributed by atoms with Gasteiger partial charge in [-0.05, 0) is 50.8 Å². The van der Waals surface area contributed by atoms with Crippen molar-refractivity contribution in [2.24, 2.45) is 0 Å². The molecule has 1 aromatic carbocycles. The number of carbonyl (C=O) groups excluding carboxylic acids is 2.